The van der Waals surface area contributed by atoms with Crippen molar-refractivity contribution in [1.29, 1.82) is 0 Å². The number of nitrogens with one attached hydrogen (secondary N) is 1. The van der Waals surface area contributed by atoms with E-state index in [1.807, 2.05) is 6.92 Å². The zero-order chi connectivity index (χ0) is 22.9. The number of halogens is 1. The minimum absolute atomic E-state index is 0.00120. The molecule has 0 saturated heterocycles. The number of nitrogens with zero attached hydrogens (tertiary/aromatic N) is 3. The zero-order valence-corrected chi connectivity index (χ0v) is 18.7. The molecule has 1 aromatic carbocycles. The second-order valence-corrected chi connectivity index (χ2v) is 9.41. The zero-order valence-electron chi connectivity index (χ0n) is 17.1. The molecule has 0 bridgehead atoms. The molecule has 0 radical (unpaired) electrons. The van der Waals surface area contributed by atoms with Gasteiger partial charge in [0.15, 0.2) is 21.0 Å². The molecule has 10 nitrogen and oxygen atoms in total. The lowest BCUT2D eigenvalue weighted by atomic mass is 10.2. The van der Waals surface area contributed by atoms with Crippen molar-refractivity contribution >= 4 is 38.6 Å². The Hall–Kier alpha value is -2.92. The minimum atomic E-state index is -3.63. The number of benzene rings is 1. The summed E-state index contributed by atoms with van der Waals surface area (Å²) in [6, 6.07) is 3.79. The van der Waals surface area contributed by atoms with Crippen LogP contribution in [0.1, 0.15) is 35.9 Å². The number of aromatic nitrogens is 4. The number of esters is 1. The van der Waals surface area contributed by atoms with Gasteiger partial charge in [0.2, 0.25) is 0 Å². The third-order valence-corrected chi connectivity index (χ3v) is 6.32. The molecule has 0 unspecified atom stereocenters. The van der Waals surface area contributed by atoms with Crippen molar-refractivity contribution < 1.29 is 17.9 Å². The minimum Gasteiger partial charge on any atom is -0.454 e. The standard InChI is InChI=1S/C19H21ClN4O6S/c1-4-5-8-24-16-15(17(25)22-19(24)27)23(2)14(21-16)10-30-18(26)11-6-7-12(20)13(9-11)31(3,28)29/h6-7,9H,4-5,8,10H2,1-3H3,(H,22,25,27). The van der Waals surface area contributed by atoms with Gasteiger partial charge >= 0.3 is 11.7 Å². The average Bonchev–Trinajstić information content (AvgIpc) is 3.02. The highest BCUT2D eigenvalue weighted by atomic mass is 35.5. The molecule has 0 amide bonds. The number of ether oxygens (including phenoxy) is 1. The number of carbonyl (C=O) groups is 1. The first kappa shape index (κ1) is 22.8. The number of imidazole rings is 1. The molecule has 0 atom stereocenters. The second kappa shape index (κ2) is 8.67. The second-order valence-electron chi connectivity index (χ2n) is 7.02. The lowest BCUT2D eigenvalue weighted by molar-refractivity contribution is 0.0459. The number of aryl methyl sites for hydroxylation is 2. The molecular weight excluding hydrogens is 448 g/mol. The summed E-state index contributed by atoms with van der Waals surface area (Å²) in [6.45, 7) is 2.07. The lowest BCUT2D eigenvalue weighted by Crippen LogP contribution is -2.31. The average molecular weight is 469 g/mol. The first-order valence-electron chi connectivity index (χ1n) is 9.39. The number of aromatic amines is 1. The molecule has 0 saturated carbocycles. The van der Waals surface area contributed by atoms with E-state index >= 15 is 0 Å². The van der Waals surface area contributed by atoms with E-state index in [1.54, 1.807) is 7.05 Å². The molecule has 0 aliphatic heterocycles. The summed E-state index contributed by atoms with van der Waals surface area (Å²) < 4.78 is 31.7. The Kier molecular flexibility index (Phi) is 6.37. The Bertz CT molecular complexity index is 1390. The summed E-state index contributed by atoms with van der Waals surface area (Å²) >= 11 is 5.90. The first-order valence-corrected chi connectivity index (χ1v) is 11.7. The molecule has 0 spiro atoms. The Morgan fingerprint density at radius 2 is 2.00 bits per heavy atom. The number of hydrogen-bond acceptors (Lipinski definition) is 7. The molecule has 3 rings (SSSR count). The lowest BCUT2D eigenvalue weighted by Gasteiger charge is -2.07. The van der Waals surface area contributed by atoms with Gasteiger partial charge in [-0.15, -0.1) is 0 Å². The molecule has 0 aliphatic carbocycles. The van der Waals surface area contributed by atoms with E-state index in [0.717, 1.165) is 25.2 Å². The summed E-state index contributed by atoms with van der Waals surface area (Å²) in [5.74, 6) is -0.534. The number of rotatable bonds is 7. The number of hydrogen-bond donors (Lipinski definition) is 1. The number of fused-ring (bicyclic) bond motifs is 1. The highest BCUT2D eigenvalue weighted by Crippen LogP contribution is 2.23. The summed E-state index contributed by atoms with van der Waals surface area (Å²) in [4.78, 5) is 43.3. The first-order chi connectivity index (χ1) is 14.5. The van der Waals surface area contributed by atoms with Crippen LogP contribution in [0.25, 0.3) is 11.2 Å². The van der Waals surface area contributed by atoms with Crippen LogP contribution in [-0.4, -0.2) is 39.7 Å². The third-order valence-electron chi connectivity index (χ3n) is 4.74. The Morgan fingerprint density at radius 1 is 1.29 bits per heavy atom. The molecular formula is C19H21ClN4O6S. The maximum Gasteiger partial charge on any atom is 0.338 e. The van der Waals surface area contributed by atoms with Crippen LogP contribution < -0.4 is 11.2 Å². The van der Waals surface area contributed by atoms with E-state index in [1.165, 1.54) is 21.3 Å². The van der Waals surface area contributed by atoms with Crippen molar-refractivity contribution in [3.8, 4) is 0 Å². The highest BCUT2D eigenvalue weighted by Gasteiger charge is 2.19. The summed E-state index contributed by atoms with van der Waals surface area (Å²) in [6.07, 6.45) is 2.56. The number of carbonyl (C=O) groups excluding carboxylic acids is 1. The fourth-order valence-electron chi connectivity index (χ4n) is 3.07. The van der Waals surface area contributed by atoms with Crippen molar-refractivity contribution in [3.63, 3.8) is 0 Å². The predicted octanol–water partition coefficient (Wildman–Crippen LogP) is 1.64. The van der Waals surface area contributed by atoms with E-state index in [-0.39, 0.29) is 39.1 Å². The van der Waals surface area contributed by atoms with Gasteiger partial charge in [0.25, 0.3) is 5.56 Å². The van der Waals surface area contributed by atoms with Crippen LogP contribution in [0.15, 0.2) is 32.7 Å². The molecule has 12 heteroatoms. The fraction of sp³-hybridized carbons (Fsp3) is 0.368. The Balaban J connectivity index is 1.92. The van der Waals surface area contributed by atoms with Crippen molar-refractivity contribution in [2.75, 3.05) is 6.26 Å². The van der Waals surface area contributed by atoms with Crippen LogP contribution in [0.2, 0.25) is 5.02 Å². The van der Waals surface area contributed by atoms with Crippen molar-refractivity contribution in [2.45, 2.75) is 37.8 Å². The van der Waals surface area contributed by atoms with Gasteiger partial charge in [-0.2, -0.15) is 0 Å². The van der Waals surface area contributed by atoms with Crippen molar-refractivity contribution in [1.82, 2.24) is 19.1 Å². The molecule has 0 aliphatic rings. The van der Waals surface area contributed by atoms with Gasteiger partial charge in [0, 0.05) is 19.8 Å². The van der Waals surface area contributed by atoms with Gasteiger partial charge in [0.1, 0.15) is 12.4 Å². The van der Waals surface area contributed by atoms with E-state index in [4.69, 9.17) is 16.3 Å². The molecule has 31 heavy (non-hydrogen) atoms. The summed E-state index contributed by atoms with van der Waals surface area (Å²) in [5.41, 5.74) is -0.742. The SMILES string of the molecule is CCCCn1c(=O)[nH]c(=O)c2c1nc(COC(=O)c1ccc(Cl)c(S(C)(=O)=O)c1)n2C. The van der Waals surface area contributed by atoms with Crippen LogP contribution in [0, 0.1) is 0 Å². The van der Waals surface area contributed by atoms with Gasteiger partial charge in [0.05, 0.1) is 15.5 Å². The number of sulfone groups is 1. The highest BCUT2D eigenvalue weighted by molar-refractivity contribution is 7.90. The third kappa shape index (κ3) is 4.57. The molecule has 2 heterocycles. The maximum atomic E-state index is 12.4. The molecule has 2 aromatic heterocycles. The number of H-pyrrole nitrogens is 1. The predicted molar refractivity (Wildman–Crippen MR) is 114 cm³/mol. The Morgan fingerprint density at radius 3 is 2.65 bits per heavy atom. The van der Waals surface area contributed by atoms with Gasteiger partial charge in [-0.1, -0.05) is 24.9 Å². The topological polar surface area (TPSA) is 133 Å². The Labute approximate surface area is 182 Å². The smallest absolute Gasteiger partial charge is 0.338 e. The summed E-state index contributed by atoms with van der Waals surface area (Å²) in [5, 5.41) is -0.00123. The number of unbranched alkanes of at least 4 members (excludes halogenated alkanes) is 1. The van der Waals surface area contributed by atoms with Gasteiger partial charge in [-0.05, 0) is 24.6 Å². The molecule has 3 aromatic rings. The van der Waals surface area contributed by atoms with Crippen LogP contribution in [-0.2, 0) is 34.8 Å². The van der Waals surface area contributed by atoms with Crippen LogP contribution >= 0.6 is 11.6 Å². The van der Waals surface area contributed by atoms with Crippen LogP contribution in [0.3, 0.4) is 0 Å². The molecule has 0 fully saturated rings. The van der Waals surface area contributed by atoms with E-state index < -0.39 is 27.1 Å². The largest absolute Gasteiger partial charge is 0.454 e. The van der Waals surface area contributed by atoms with Gasteiger partial charge < -0.3 is 9.30 Å². The quantitative estimate of drug-likeness (QED) is 0.521. The fourth-order valence-corrected chi connectivity index (χ4v) is 4.37. The van der Waals surface area contributed by atoms with E-state index in [9.17, 15) is 22.8 Å². The van der Waals surface area contributed by atoms with Crippen LogP contribution in [0.4, 0.5) is 0 Å². The van der Waals surface area contributed by atoms with Crippen molar-refractivity contribution in [2.24, 2.45) is 7.05 Å². The van der Waals surface area contributed by atoms with Gasteiger partial charge in [-0.3, -0.25) is 14.3 Å². The monoisotopic (exact) mass is 468 g/mol. The van der Waals surface area contributed by atoms with Crippen molar-refractivity contribution in [3.05, 3.63) is 55.4 Å². The molecule has 166 valence electrons. The normalized spacial score (nSPS) is 11.7. The van der Waals surface area contributed by atoms with E-state index in [2.05, 4.69) is 9.97 Å². The van der Waals surface area contributed by atoms with Gasteiger partial charge in [-0.25, -0.2) is 23.0 Å². The molecule has 1 N–H and O–H groups in total. The van der Waals surface area contributed by atoms with E-state index in [0.29, 0.717) is 6.54 Å². The van der Waals surface area contributed by atoms with Crippen LogP contribution in [0.5, 0.6) is 0 Å². The maximum absolute atomic E-state index is 12.4. The summed E-state index contributed by atoms with van der Waals surface area (Å²) in [7, 11) is -2.05.